The number of Topliss-reactive ketones (excluding diaryl/α,β-unsaturated/α-hetero) is 1. The molecule has 1 aromatic carbocycles. The average molecular weight is 328 g/mol. The number of ketones is 1. The van der Waals surface area contributed by atoms with Crippen molar-refractivity contribution < 1.29 is 9.18 Å². The number of nitriles is 1. The molecule has 5 heteroatoms. The summed E-state index contributed by atoms with van der Waals surface area (Å²) in [5, 5.41) is 13.1. The molecular formula is C18H17FN2OS. The third-order valence-electron chi connectivity index (χ3n) is 4.35. The van der Waals surface area contributed by atoms with E-state index in [4.69, 9.17) is 0 Å². The molecule has 118 valence electrons. The van der Waals surface area contributed by atoms with Gasteiger partial charge in [0.25, 0.3) is 0 Å². The molecule has 2 aliphatic rings. The minimum atomic E-state index is -0.479. The number of thiol groups is 1. The Morgan fingerprint density at radius 1 is 1.30 bits per heavy atom. The minimum absolute atomic E-state index is 0.0339. The fraction of sp³-hybridized carbons (Fsp3) is 0.333. The van der Waals surface area contributed by atoms with Crippen LogP contribution < -0.4 is 5.32 Å². The predicted molar refractivity (Wildman–Crippen MR) is 88.9 cm³/mol. The van der Waals surface area contributed by atoms with E-state index in [1.165, 1.54) is 12.1 Å². The Kier molecular flexibility index (Phi) is 3.81. The number of nitrogens with one attached hydrogen (secondary N) is 1. The molecule has 1 aliphatic heterocycles. The first kappa shape index (κ1) is 15.8. The van der Waals surface area contributed by atoms with Crippen molar-refractivity contribution >= 4 is 18.4 Å². The molecule has 0 spiro atoms. The van der Waals surface area contributed by atoms with Crippen LogP contribution in [0.2, 0.25) is 0 Å². The number of carbonyl (C=O) groups is 1. The van der Waals surface area contributed by atoms with E-state index in [1.54, 1.807) is 12.1 Å². The Hall–Kier alpha value is -2.06. The van der Waals surface area contributed by atoms with Crippen LogP contribution in [0.5, 0.6) is 0 Å². The Morgan fingerprint density at radius 3 is 2.57 bits per heavy atom. The fourth-order valence-electron chi connectivity index (χ4n) is 3.38. The highest BCUT2D eigenvalue weighted by Gasteiger charge is 2.41. The van der Waals surface area contributed by atoms with Crippen molar-refractivity contribution in [3.05, 3.63) is 57.5 Å². The number of benzene rings is 1. The van der Waals surface area contributed by atoms with Crippen molar-refractivity contribution in [2.45, 2.75) is 32.6 Å². The van der Waals surface area contributed by atoms with Crippen molar-refractivity contribution in [2.24, 2.45) is 5.41 Å². The number of dihydropyridines is 1. The van der Waals surface area contributed by atoms with Crippen molar-refractivity contribution in [1.82, 2.24) is 5.32 Å². The second-order valence-electron chi connectivity index (χ2n) is 6.82. The number of allylic oxidation sites excluding steroid dienone is 3. The smallest absolute Gasteiger partial charge is 0.162 e. The van der Waals surface area contributed by atoms with Crippen molar-refractivity contribution in [1.29, 1.82) is 5.26 Å². The van der Waals surface area contributed by atoms with Crippen LogP contribution in [0.15, 0.2) is 46.1 Å². The number of halogens is 1. The summed E-state index contributed by atoms with van der Waals surface area (Å²) >= 11 is 4.40. The molecular weight excluding hydrogens is 311 g/mol. The monoisotopic (exact) mass is 328 g/mol. The summed E-state index contributed by atoms with van der Waals surface area (Å²) in [5.41, 5.74) is 2.44. The summed E-state index contributed by atoms with van der Waals surface area (Å²) in [6, 6.07) is 8.10. The Morgan fingerprint density at radius 2 is 1.96 bits per heavy atom. The highest BCUT2D eigenvalue weighted by molar-refractivity contribution is 7.84. The van der Waals surface area contributed by atoms with Gasteiger partial charge >= 0.3 is 0 Å². The Labute approximate surface area is 140 Å². The SMILES string of the molecule is CC1(C)CC(=O)C2=C(C1)NC(S)=C(C#N)[C@@H]2c1ccc(F)cc1. The topological polar surface area (TPSA) is 52.9 Å². The van der Waals surface area contributed by atoms with Crippen LogP contribution in [0, 0.1) is 22.6 Å². The molecule has 1 N–H and O–H groups in total. The van der Waals surface area contributed by atoms with Gasteiger partial charge in [0.1, 0.15) is 5.82 Å². The van der Waals surface area contributed by atoms with Gasteiger partial charge in [0.05, 0.1) is 22.6 Å². The molecule has 3 nitrogen and oxygen atoms in total. The first-order chi connectivity index (χ1) is 10.8. The maximum atomic E-state index is 13.2. The average Bonchev–Trinajstić information content (AvgIpc) is 2.45. The van der Waals surface area contributed by atoms with Crippen LogP contribution in [-0.4, -0.2) is 5.78 Å². The van der Waals surface area contributed by atoms with Crippen LogP contribution in [0.1, 0.15) is 38.2 Å². The zero-order valence-electron chi connectivity index (χ0n) is 13.0. The summed E-state index contributed by atoms with van der Waals surface area (Å²) in [7, 11) is 0. The molecule has 1 atom stereocenters. The number of rotatable bonds is 1. The molecule has 3 rings (SSSR count). The highest BCUT2D eigenvalue weighted by Crippen LogP contribution is 2.46. The van der Waals surface area contributed by atoms with Crippen LogP contribution in [0.4, 0.5) is 4.39 Å². The molecule has 1 heterocycles. The van der Waals surface area contributed by atoms with Gasteiger partial charge in [-0.15, -0.1) is 12.6 Å². The van der Waals surface area contributed by atoms with Gasteiger partial charge < -0.3 is 5.32 Å². The number of carbonyl (C=O) groups excluding carboxylic acids is 1. The van der Waals surface area contributed by atoms with E-state index < -0.39 is 5.92 Å². The second kappa shape index (κ2) is 5.54. The van der Waals surface area contributed by atoms with Crippen molar-refractivity contribution in [2.75, 3.05) is 0 Å². The minimum Gasteiger partial charge on any atom is -0.353 e. The Bertz CT molecular complexity index is 784. The number of hydrogen-bond acceptors (Lipinski definition) is 4. The van der Waals surface area contributed by atoms with Crippen LogP contribution in [0.25, 0.3) is 0 Å². The summed E-state index contributed by atoms with van der Waals surface area (Å²) in [6.07, 6.45) is 1.15. The van der Waals surface area contributed by atoms with E-state index in [2.05, 4.69) is 24.0 Å². The van der Waals surface area contributed by atoms with Gasteiger partial charge in [0.15, 0.2) is 5.78 Å². The van der Waals surface area contributed by atoms with E-state index in [9.17, 15) is 14.4 Å². The van der Waals surface area contributed by atoms with E-state index >= 15 is 0 Å². The lowest BCUT2D eigenvalue weighted by Crippen LogP contribution is -2.36. The van der Waals surface area contributed by atoms with E-state index in [1.807, 2.05) is 13.8 Å². The highest BCUT2D eigenvalue weighted by atomic mass is 32.1. The van der Waals surface area contributed by atoms with Crippen molar-refractivity contribution in [3.63, 3.8) is 0 Å². The zero-order valence-corrected chi connectivity index (χ0v) is 13.9. The lowest BCUT2D eigenvalue weighted by Gasteiger charge is -2.38. The van der Waals surface area contributed by atoms with Gasteiger partial charge in [-0.05, 0) is 29.5 Å². The fourth-order valence-corrected chi connectivity index (χ4v) is 3.69. The maximum absolute atomic E-state index is 13.2. The van der Waals surface area contributed by atoms with Crippen LogP contribution >= 0.6 is 12.6 Å². The lowest BCUT2D eigenvalue weighted by molar-refractivity contribution is -0.118. The Balaban J connectivity index is 2.17. The summed E-state index contributed by atoms with van der Waals surface area (Å²) in [4.78, 5) is 12.7. The summed E-state index contributed by atoms with van der Waals surface area (Å²) in [5.74, 6) is -0.791. The molecule has 1 aromatic rings. The quantitative estimate of drug-likeness (QED) is 0.771. The van der Waals surface area contributed by atoms with E-state index in [-0.39, 0.29) is 17.0 Å². The van der Waals surface area contributed by atoms with Gasteiger partial charge in [0, 0.05) is 17.7 Å². The molecule has 0 saturated carbocycles. The van der Waals surface area contributed by atoms with Gasteiger partial charge in [0.2, 0.25) is 0 Å². The van der Waals surface area contributed by atoms with E-state index in [0.717, 1.165) is 11.3 Å². The largest absolute Gasteiger partial charge is 0.353 e. The van der Waals surface area contributed by atoms with Gasteiger partial charge in [-0.2, -0.15) is 5.26 Å². The standard InChI is InChI=1S/C18H17FN2OS/c1-18(2)7-13-16(14(22)8-18)15(12(9-20)17(23)21-13)10-3-5-11(19)6-4-10/h3-6,15,21,23H,7-8H2,1-2H3/t15-/m0/s1. The molecule has 23 heavy (non-hydrogen) atoms. The molecule has 0 aromatic heterocycles. The predicted octanol–water partition coefficient (Wildman–Crippen LogP) is 3.82. The normalized spacial score (nSPS) is 23.3. The van der Waals surface area contributed by atoms with E-state index in [0.29, 0.717) is 29.0 Å². The number of hydrogen-bond donors (Lipinski definition) is 2. The van der Waals surface area contributed by atoms with Crippen LogP contribution in [0.3, 0.4) is 0 Å². The first-order valence-corrected chi connectivity index (χ1v) is 7.89. The zero-order chi connectivity index (χ0) is 16.8. The van der Waals surface area contributed by atoms with Crippen molar-refractivity contribution in [3.8, 4) is 6.07 Å². The van der Waals surface area contributed by atoms with Gasteiger partial charge in [-0.25, -0.2) is 4.39 Å². The third-order valence-corrected chi connectivity index (χ3v) is 4.70. The molecule has 1 aliphatic carbocycles. The second-order valence-corrected chi connectivity index (χ2v) is 7.26. The molecule has 0 bridgehead atoms. The molecule has 0 radical (unpaired) electrons. The molecule has 0 fully saturated rings. The molecule has 0 amide bonds. The summed E-state index contributed by atoms with van der Waals surface area (Å²) in [6.45, 7) is 4.09. The van der Waals surface area contributed by atoms with Gasteiger partial charge in [-0.3, -0.25) is 4.79 Å². The third kappa shape index (κ3) is 2.79. The van der Waals surface area contributed by atoms with Crippen LogP contribution in [-0.2, 0) is 4.79 Å². The molecule has 0 unspecified atom stereocenters. The van der Waals surface area contributed by atoms with Gasteiger partial charge in [-0.1, -0.05) is 26.0 Å². The maximum Gasteiger partial charge on any atom is 0.162 e. The number of nitrogens with zero attached hydrogens (tertiary/aromatic N) is 1. The lowest BCUT2D eigenvalue weighted by atomic mass is 9.69. The molecule has 0 saturated heterocycles. The summed E-state index contributed by atoms with van der Waals surface area (Å²) < 4.78 is 13.2. The first-order valence-electron chi connectivity index (χ1n) is 7.44.